The third kappa shape index (κ3) is 3.85. The highest BCUT2D eigenvalue weighted by Gasteiger charge is 2.54. The van der Waals surface area contributed by atoms with E-state index in [1.165, 1.54) is 11.9 Å². The summed E-state index contributed by atoms with van der Waals surface area (Å²) in [7, 11) is 0. The Balaban J connectivity index is 1.27. The number of rotatable bonds is 4. The molecule has 3 aromatic heterocycles. The Bertz CT molecular complexity index is 1360. The van der Waals surface area contributed by atoms with Crippen molar-refractivity contribution in [3.63, 3.8) is 0 Å². The zero-order valence-electron chi connectivity index (χ0n) is 18.4. The van der Waals surface area contributed by atoms with Crippen LogP contribution >= 0.6 is 27.5 Å². The zero-order valence-corrected chi connectivity index (χ0v) is 20.8. The van der Waals surface area contributed by atoms with Crippen LogP contribution in [0.25, 0.3) is 21.9 Å². The van der Waals surface area contributed by atoms with Crippen molar-refractivity contribution < 1.29 is 9.47 Å². The molecule has 8 heteroatoms. The summed E-state index contributed by atoms with van der Waals surface area (Å²) in [5.74, 6) is -0.215. The third-order valence-electron chi connectivity index (χ3n) is 6.89. The van der Waals surface area contributed by atoms with E-state index in [1.54, 1.807) is 0 Å². The van der Waals surface area contributed by atoms with Crippen LogP contribution in [0.15, 0.2) is 53.5 Å². The van der Waals surface area contributed by atoms with Crippen molar-refractivity contribution in [1.29, 1.82) is 0 Å². The minimum absolute atomic E-state index is 0.0232. The molecule has 1 aliphatic heterocycles. The second kappa shape index (κ2) is 8.01. The van der Waals surface area contributed by atoms with Crippen LogP contribution in [0.5, 0.6) is 0 Å². The van der Waals surface area contributed by atoms with Gasteiger partial charge in [0.25, 0.3) is 0 Å². The molecular formula is C25H24BrClN4O2. The average Bonchev–Trinajstić information content (AvgIpc) is 3.44. The molecule has 0 spiro atoms. The Kier molecular flexibility index (Phi) is 5.21. The fourth-order valence-electron chi connectivity index (χ4n) is 5.47. The summed E-state index contributed by atoms with van der Waals surface area (Å²) in [6, 6.07) is 10.8. The van der Waals surface area contributed by atoms with E-state index in [9.17, 15) is 0 Å². The molecule has 33 heavy (non-hydrogen) atoms. The van der Waals surface area contributed by atoms with Crippen LogP contribution in [0.3, 0.4) is 0 Å². The molecule has 0 amide bonds. The maximum absolute atomic E-state index is 6.41. The van der Waals surface area contributed by atoms with Crippen molar-refractivity contribution in [3.8, 4) is 0 Å². The molecule has 0 bridgehead atoms. The van der Waals surface area contributed by atoms with Gasteiger partial charge in [-0.25, -0.2) is 9.97 Å². The van der Waals surface area contributed by atoms with Gasteiger partial charge in [0.05, 0.1) is 23.0 Å². The van der Waals surface area contributed by atoms with Crippen molar-refractivity contribution in [2.24, 2.45) is 5.92 Å². The minimum Gasteiger partial charge on any atom is -0.344 e. The molecule has 4 aromatic rings. The van der Waals surface area contributed by atoms with Gasteiger partial charge in [0.1, 0.15) is 23.2 Å². The molecular weight excluding hydrogens is 504 g/mol. The lowest BCUT2D eigenvalue weighted by molar-refractivity contribution is -0.160. The number of fused-ring (bicyclic) bond motifs is 3. The van der Waals surface area contributed by atoms with Crippen LogP contribution < -0.4 is 0 Å². The molecule has 2 fully saturated rings. The number of pyridine rings is 1. The average molecular weight is 528 g/mol. The highest BCUT2D eigenvalue weighted by Crippen LogP contribution is 2.49. The predicted octanol–water partition coefficient (Wildman–Crippen LogP) is 6.11. The molecule has 1 saturated heterocycles. The molecule has 1 aromatic carbocycles. The largest absolute Gasteiger partial charge is 0.344 e. The third-order valence-corrected chi connectivity index (χ3v) is 7.62. The SMILES string of the molecule is CC1(C)OC2C(CCc3ccc4cc(Br)cnc4c3)CC(n3ccc4c(Cl)ncnc43)C2O1. The van der Waals surface area contributed by atoms with Crippen LogP contribution in [0.2, 0.25) is 5.15 Å². The summed E-state index contributed by atoms with van der Waals surface area (Å²) in [5.41, 5.74) is 3.16. The topological polar surface area (TPSA) is 62.1 Å². The molecule has 0 N–H and O–H groups in total. The van der Waals surface area contributed by atoms with E-state index in [0.717, 1.165) is 45.7 Å². The van der Waals surface area contributed by atoms with E-state index >= 15 is 0 Å². The number of nitrogens with zero attached hydrogens (tertiary/aromatic N) is 4. The summed E-state index contributed by atoms with van der Waals surface area (Å²) in [6.07, 6.45) is 8.41. The molecule has 0 radical (unpaired) electrons. The Morgan fingerprint density at radius 2 is 1.97 bits per heavy atom. The molecule has 4 unspecified atom stereocenters. The lowest BCUT2D eigenvalue weighted by atomic mass is 9.95. The van der Waals surface area contributed by atoms with Gasteiger partial charge in [0, 0.05) is 22.3 Å². The maximum Gasteiger partial charge on any atom is 0.163 e. The van der Waals surface area contributed by atoms with E-state index in [-0.39, 0.29) is 18.2 Å². The van der Waals surface area contributed by atoms with Crippen molar-refractivity contribution >= 4 is 49.5 Å². The number of aromatic nitrogens is 4. The lowest BCUT2D eigenvalue weighted by Crippen LogP contribution is -2.27. The molecule has 1 saturated carbocycles. The van der Waals surface area contributed by atoms with Gasteiger partial charge in [-0.05, 0) is 78.7 Å². The Labute approximate surface area is 205 Å². The molecule has 1 aliphatic carbocycles. The fourth-order valence-corrected chi connectivity index (χ4v) is 6.01. The Morgan fingerprint density at radius 1 is 1.12 bits per heavy atom. The molecule has 4 heterocycles. The van der Waals surface area contributed by atoms with E-state index in [1.807, 2.05) is 26.1 Å². The first-order valence-electron chi connectivity index (χ1n) is 11.2. The van der Waals surface area contributed by atoms with Gasteiger partial charge in [-0.3, -0.25) is 4.98 Å². The van der Waals surface area contributed by atoms with Gasteiger partial charge < -0.3 is 14.0 Å². The first kappa shape index (κ1) is 21.5. The lowest BCUT2D eigenvalue weighted by Gasteiger charge is -2.24. The van der Waals surface area contributed by atoms with E-state index in [0.29, 0.717) is 11.1 Å². The molecule has 6 rings (SSSR count). The summed E-state index contributed by atoms with van der Waals surface area (Å²) in [6.45, 7) is 4.00. The van der Waals surface area contributed by atoms with Gasteiger partial charge in [-0.15, -0.1) is 0 Å². The number of ether oxygens (including phenoxy) is 2. The van der Waals surface area contributed by atoms with Crippen LogP contribution in [0.1, 0.15) is 38.3 Å². The Hall–Kier alpha value is -2.06. The van der Waals surface area contributed by atoms with Gasteiger partial charge in [0.2, 0.25) is 0 Å². The fraction of sp³-hybridized carbons (Fsp3) is 0.400. The Morgan fingerprint density at radius 3 is 2.85 bits per heavy atom. The van der Waals surface area contributed by atoms with Crippen molar-refractivity contribution in [1.82, 2.24) is 19.5 Å². The van der Waals surface area contributed by atoms with Gasteiger partial charge >= 0.3 is 0 Å². The number of hydrogen-bond donors (Lipinski definition) is 0. The minimum atomic E-state index is -0.595. The first-order chi connectivity index (χ1) is 15.9. The van der Waals surface area contributed by atoms with E-state index < -0.39 is 5.79 Å². The standard InChI is InChI=1S/C25H24BrClN4O2/c1-25(2)32-21-16(6-4-14-3-5-15-10-17(26)12-28-19(15)9-14)11-20(22(21)33-25)31-8-7-18-23(27)29-13-30-24(18)31/h3,5,7-10,12-13,16,20-22H,4,6,11H2,1-2H3. The molecule has 2 aliphatic rings. The summed E-state index contributed by atoms with van der Waals surface area (Å²) < 4.78 is 16.0. The maximum atomic E-state index is 6.41. The van der Waals surface area contributed by atoms with Gasteiger partial charge in [-0.2, -0.15) is 0 Å². The van der Waals surface area contributed by atoms with Crippen LogP contribution in [-0.2, 0) is 15.9 Å². The summed E-state index contributed by atoms with van der Waals surface area (Å²) in [4.78, 5) is 13.2. The van der Waals surface area contributed by atoms with E-state index in [2.05, 4.69) is 65.9 Å². The summed E-state index contributed by atoms with van der Waals surface area (Å²) >= 11 is 9.80. The highest BCUT2D eigenvalue weighted by atomic mass is 79.9. The van der Waals surface area contributed by atoms with E-state index in [4.69, 9.17) is 21.1 Å². The monoisotopic (exact) mass is 526 g/mol. The van der Waals surface area contributed by atoms with Crippen molar-refractivity contribution in [3.05, 3.63) is 64.2 Å². The highest BCUT2D eigenvalue weighted by molar-refractivity contribution is 9.10. The van der Waals surface area contributed by atoms with Crippen molar-refractivity contribution in [2.45, 2.75) is 57.1 Å². The van der Waals surface area contributed by atoms with Crippen molar-refractivity contribution in [2.75, 3.05) is 0 Å². The van der Waals surface area contributed by atoms with Crippen LogP contribution in [-0.4, -0.2) is 37.5 Å². The first-order valence-corrected chi connectivity index (χ1v) is 12.4. The summed E-state index contributed by atoms with van der Waals surface area (Å²) in [5, 5.41) is 2.49. The van der Waals surface area contributed by atoms with Gasteiger partial charge in [0.15, 0.2) is 5.79 Å². The number of benzene rings is 1. The number of halogens is 2. The van der Waals surface area contributed by atoms with Crippen LogP contribution in [0.4, 0.5) is 0 Å². The number of hydrogen-bond acceptors (Lipinski definition) is 5. The second-order valence-corrected chi connectivity index (χ2v) is 10.7. The van der Waals surface area contributed by atoms with Gasteiger partial charge in [-0.1, -0.05) is 23.7 Å². The molecule has 4 atom stereocenters. The number of aryl methyl sites for hydroxylation is 1. The quantitative estimate of drug-likeness (QED) is 0.300. The second-order valence-electron chi connectivity index (χ2n) is 9.47. The smallest absolute Gasteiger partial charge is 0.163 e. The normalized spacial score (nSPS) is 26.3. The molecule has 6 nitrogen and oxygen atoms in total. The van der Waals surface area contributed by atoms with Crippen LogP contribution in [0, 0.1) is 5.92 Å². The zero-order chi connectivity index (χ0) is 22.7. The predicted molar refractivity (Wildman–Crippen MR) is 131 cm³/mol. The molecule has 170 valence electrons.